The third-order valence-corrected chi connectivity index (χ3v) is 6.43. The van der Waals surface area contributed by atoms with Crippen molar-refractivity contribution in [2.45, 2.75) is 51.0 Å². The van der Waals surface area contributed by atoms with E-state index in [1.54, 1.807) is 7.11 Å². The number of aryl methyl sites for hydroxylation is 1. The van der Waals surface area contributed by atoms with Crippen molar-refractivity contribution in [2.75, 3.05) is 30.5 Å². The van der Waals surface area contributed by atoms with E-state index in [2.05, 4.69) is 20.2 Å². The molecule has 0 unspecified atom stereocenters. The Bertz CT molecular complexity index is 985. The van der Waals surface area contributed by atoms with Gasteiger partial charge in [0.1, 0.15) is 11.6 Å². The monoisotopic (exact) mass is 409 g/mol. The van der Waals surface area contributed by atoms with E-state index in [1.807, 2.05) is 25.3 Å². The maximum atomic E-state index is 11.5. The highest BCUT2D eigenvalue weighted by molar-refractivity contribution is 5.89. The van der Waals surface area contributed by atoms with Crippen LogP contribution in [0, 0.1) is 12.8 Å². The molecule has 3 heterocycles. The van der Waals surface area contributed by atoms with Crippen LogP contribution in [0.3, 0.4) is 0 Å². The smallest absolute Gasteiger partial charge is 0.318 e. The highest BCUT2D eigenvalue weighted by Gasteiger charge is 2.52. The van der Waals surface area contributed by atoms with Crippen LogP contribution in [-0.4, -0.2) is 47.2 Å². The predicted molar refractivity (Wildman–Crippen MR) is 112 cm³/mol. The number of carbonyl (C=O) groups is 1. The number of nitrogens with zero attached hydrogens (tertiary/aromatic N) is 4. The van der Waals surface area contributed by atoms with Crippen molar-refractivity contribution >= 4 is 23.2 Å². The normalized spacial score (nSPS) is 23.1. The summed E-state index contributed by atoms with van der Waals surface area (Å²) in [5.74, 6) is 1.75. The zero-order valence-electron chi connectivity index (χ0n) is 17.6. The summed E-state index contributed by atoms with van der Waals surface area (Å²) in [6.07, 6.45) is 6.60. The molecule has 8 heteroatoms. The lowest BCUT2D eigenvalue weighted by atomic mass is 9.83. The van der Waals surface area contributed by atoms with E-state index in [9.17, 15) is 4.79 Å². The Morgan fingerprint density at radius 1 is 1.30 bits per heavy atom. The summed E-state index contributed by atoms with van der Waals surface area (Å²) in [5.41, 5.74) is 3.30. The Morgan fingerprint density at radius 2 is 2.10 bits per heavy atom. The number of carbonyl (C=O) groups excluding carboxylic acids is 1. The number of methoxy groups -OCH3 is 1. The second kappa shape index (κ2) is 7.19. The van der Waals surface area contributed by atoms with E-state index in [0.29, 0.717) is 30.5 Å². The molecule has 0 saturated heterocycles. The van der Waals surface area contributed by atoms with Gasteiger partial charge in [0.2, 0.25) is 5.91 Å². The minimum absolute atomic E-state index is 0.131. The predicted octanol–water partition coefficient (Wildman–Crippen LogP) is 3.13. The van der Waals surface area contributed by atoms with Crippen molar-refractivity contribution in [1.29, 1.82) is 0 Å². The molecule has 1 aliphatic heterocycles. The molecule has 30 heavy (non-hydrogen) atoms. The fourth-order valence-electron chi connectivity index (χ4n) is 4.50. The third-order valence-electron chi connectivity index (χ3n) is 6.43. The molecule has 8 nitrogen and oxygen atoms in total. The molecule has 0 atom stereocenters. The van der Waals surface area contributed by atoms with Crippen LogP contribution in [0.2, 0.25) is 0 Å². The number of pyridine rings is 1. The molecule has 0 bridgehead atoms. The van der Waals surface area contributed by atoms with Crippen molar-refractivity contribution in [2.24, 2.45) is 5.92 Å². The van der Waals surface area contributed by atoms with Gasteiger partial charge in [-0.15, -0.1) is 0 Å². The van der Waals surface area contributed by atoms with Crippen LogP contribution in [0.25, 0.3) is 0 Å². The molecule has 0 radical (unpaired) electrons. The number of ether oxygens (including phenoxy) is 2. The Kier molecular flexibility index (Phi) is 4.61. The van der Waals surface area contributed by atoms with Crippen molar-refractivity contribution in [3.05, 3.63) is 29.6 Å². The Labute approximate surface area is 176 Å². The first-order valence-corrected chi connectivity index (χ1v) is 10.5. The molecule has 2 aliphatic carbocycles. The van der Waals surface area contributed by atoms with Crippen molar-refractivity contribution in [3.8, 4) is 6.01 Å². The average molecular weight is 409 g/mol. The minimum atomic E-state index is -0.131. The van der Waals surface area contributed by atoms with E-state index in [4.69, 9.17) is 14.5 Å². The molecule has 1 amide bonds. The molecule has 5 rings (SSSR count). The lowest BCUT2D eigenvalue weighted by Gasteiger charge is -2.33. The van der Waals surface area contributed by atoms with Gasteiger partial charge in [0, 0.05) is 55.6 Å². The van der Waals surface area contributed by atoms with E-state index >= 15 is 0 Å². The highest BCUT2D eigenvalue weighted by Crippen LogP contribution is 2.58. The maximum Gasteiger partial charge on any atom is 0.318 e. The standard InChI is InChI=1S/C22H27N5O3/c1-13-6-20(26-21(24-13)30-11-15-7-16(8-15)29-3)27-12-22(4-5-22)17-10-23-19(9-18(17)27)25-14(2)28/h6,9-10,15-16H,4-5,7-8,11-12H2,1-3H3,(H,23,25,28). The van der Waals surface area contributed by atoms with Gasteiger partial charge in [-0.3, -0.25) is 4.79 Å². The van der Waals surface area contributed by atoms with E-state index in [0.717, 1.165) is 49.4 Å². The summed E-state index contributed by atoms with van der Waals surface area (Å²) in [6.45, 7) is 4.92. The lowest BCUT2D eigenvalue weighted by molar-refractivity contribution is -0.114. The molecule has 0 aromatic carbocycles. The largest absolute Gasteiger partial charge is 0.463 e. The maximum absolute atomic E-state index is 11.5. The van der Waals surface area contributed by atoms with Crippen LogP contribution >= 0.6 is 0 Å². The molecule has 2 saturated carbocycles. The summed E-state index contributed by atoms with van der Waals surface area (Å²) in [5, 5.41) is 2.79. The van der Waals surface area contributed by atoms with Crippen molar-refractivity contribution in [1.82, 2.24) is 15.0 Å². The van der Waals surface area contributed by atoms with Gasteiger partial charge in [-0.05, 0) is 38.5 Å². The fourth-order valence-corrected chi connectivity index (χ4v) is 4.50. The molecule has 3 aliphatic rings. The number of hydrogen-bond acceptors (Lipinski definition) is 7. The Morgan fingerprint density at radius 3 is 2.80 bits per heavy atom. The van der Waals surface area contributed by atoms with Gasteiger partial charge >= 0.3 is 6.01 Å². The molecule has 2 aromatic heterocycles. The van der Waals surface area contributed by atoms with Crippen LogP contribution in [0.1, 0.15) is 43.9 Å². The molecule has 2 aromatic rings. The quantitative estimate of drug-likeness (QED) is 0.784. The summed E-state index contributed by atoms with van der Waals surface area (Å²) in [7, 11) is 1.76. The van der Waals surface area contributed by atoms with Crippen LogP contribution in [0.5, 0.6) is 6.01 Å². The molecule has 1 spiro atoms. The van der Waals surface area contributed by atoms with E-state index in [-0.39, 0.29) is 11.3 Å². The first kappa shape index (κ1) is 19.2. The number of nitrogens with one attached hydrogen (secondary N) is 1. The number of anilines is 3. The Balaban J connectivity index is 1.39. The SMILES string of the molecule is COC1CC(COc2nc(C)cc(N3CC4(CC4)c4cnc(NC(C)=O)cc43)n2)C1. The molecular formula is C22H27N5O3. The number of aromatic nitrogens is 3. The zero-order chi connectivity index (χ0) is 20.9. The minimum Gasteiger partial charge on any atom is -0.463 e. The second-order valence-electron chi connectivity index (χ2n) is 8.79. The summed E-state index contributed by atoms with van der Waals surface area (Å²) in [6, 6.07) is 4.35. The highest BCUT2D eigenvalue weighted by atomic mass is 16.5. The molecule has 1 N–H and O–H groups in total. The van der Waals surface area contributed by atoms with E-state index < -0.39 is 0 Å². The van der Waals surface area contributed by atoms with Gasteiger partial charge in [0.05, 0.1) is 18.4 Å². The summed E-state index contributed by atoms with van der Waals surface area (Å²) < 4.78 is 11.3. The van der Waals surface area contributed by atoms with Gasteiger partial charge in [0.15, 0.2) is 0 Å². The van der Waals surface area contributed by atoms with Gasteiger partial charge < -0.3 is 19.7 Å². The number of rotatable bonds is 6. The second-order valence-corrected chi connectivity index (χ2v) is 8.79. The average Bonchev–Trinajstić information content (AvgIpc) is 3.37. The summed E-state index contributed by atoms with van der Waals surface area (Å²) in [4.78, 5) is 27.3. The van der Waals surface area contributed by atoms with Crippen LogP contribution in [0.15, 0.2) is 18.3 Å². The lowest BCUT2D eigenvalue weighted by Crippen LogP contribution is -2.34. The first-order chi connectivity index (χ1) is 14.5. The van der Waals surface area contributed by atoms with Crippen LogP contribution in [0.4, 0.5) is 17.3 Å². The van der Waals surface area contributed by atoms with Crippen LogP contribution < -0.4 is 15.0 Å². The fraction of sp³-hybridized carbons (Fsp3) is 0.545. The van der Waals surface area contributed by atoms with Gasteiger partial charge in [-0.2, -0.15) is 4.98 Å². The van der Waals surface area contributed by atoms with Gasteiger partial charge in [-0.25, -0.2) is 9.97 Å². The Hall–Kier alpha value is -2.74. The van der Waals surface area contributed by atoms with Crippen LogP contribution in [-0.2, 0) is 14.9 Å². The zero-order valence-corrected chi connectivity index (χ0v) is 17.6. The van der Waals surface area contributed by atoms with Crippen molar-refractivity contribution in [3.63, 3.8) is 0 Å². The number of hydrogen-bond donors (Lipinski definition) is 1. The molecule has 158 valence electrons. The number of fused-ring (bicyclic) bond motifs is 2. The van der Waals surface area contributed by atoms with Crippen molar-refractivity contribution < 1.29 is 14.3 Å². The van der Waals surface area contributed by atoms with Gasteiger partial charge in [-0.1, -0.05) is 0 Å². The third kappa shape index (κ3) is 3.49. The topological polar surface area (TPSA) is 89.5 Å². The first-order valence-electron chi connectivity index (χ1n) is 10.5. The molecular weight excluding hydrogens is 382 g/mol. The summed E-state index contributed by atoms with van der Waals surface area (Å²) >= 11 is 0. The van der Waals surface area contributed by atoms with Gasteiger partial charge in [0.25, 0.3) is 0 Å². The molecule has 2 fully saturated rings. The number of amides is 1. The van der Waals surface area contributed by atoms with E-state index in [1.165, 1.54) is 12.5 Å².